The summed E-state index contributed by atoms with van der Waals surface area (Å²) in [6.45, 7) is 4.75. The Morgan fingerprint density at radius 1 is 1.43 bits per heavy atom. The third kappa shape index (κ3) is 4.71. The van der Waals surface area contributed by atoms with E-state index in [2.05, 4.69) is 4.74 Å². The minimum Gasteiger partial charge on any atom is -0.465 e. The van der Waals surface area contributed by atoms with Crippen molar-refractivity contribution in [2.45, 2.75) is 20.0 Å². The molecule has 0 bridgehead atoms. The Bertz CT molecular complexity index is 516. The minimum atomic E-state index is -0.530. The zero-order valence-corrected chi connectivity index (χ0v) is 12.7. The van der Waals surface area contributed by atoms with Gasteiger partial charge >= 0.3 is 5.97 Å². The second kappa shape index (κ2) is 7.58. The Labute approximate surface area is 123 Å². The molecule has 7 heteroatoms. The monoisotopic (exact) mass is 296 g/mol. The van der Waals surface area contributed by atoms with Crippen molar-refractivity contribution in [3.8, 4) is 0 Å². The molecule has 0 aliphatic heterocycles. The second-order valence-corrected chi connectivity index (χ2v) is 4.79. The highest BCUT2D eigenvalue weighted by atomic mass is 16.6. The van der Waals surface area contributed by atoms with Gasteiger partial charge in [-0.05, 0) is 26.0 Å². The second-order valence-electron chi connectivity index (χ2n) is 4.79. The van der Waals surface area contributed by atoms with E-state index in [1.807, 2.05) is 13.8 Å². The quantitative estimate of drug-likeness (QED) is 0.436. The van der Waals surface area contributed by atoms with Gasteiger partial charge in [0.2, 0.25) is 0 Å². The number of carbonyl (C=O) groups is 1. The van der Waals surface area contributed by atoms with E-state index >= 15 is 0 Å². The largest absolute Gasteiger partial charge is 0.465 e. The van der Waals surface area contributed by atoms with Gasteiger partial charge in [-0.15, -0.1) is 0 Å². The van der Waals surface area contributed by atoms with Crippen LogP contribution in [0.3, 0.4) is 0 Å². The molecule has 0 N–H and O–H groups in total. The van der Waals surface area contributed by atoms with Gasteiger partial charge in [-0.3, -0.25) is 10.1 Å². The topological polar surface area (TPSA) is 81.9 Å². The van der Waals surface area contributed by atoms with Crippen LogP contribution in [0, 0.1) is 10.1 Å². The molecule has 1 aromatic rings. The maximum atomic E-state index is 11.5. The SMILES string of the molecule is COC(=O)c1ccc([N+](=O)[O-])c(N(C)CCOC(C)C)c1. The molecule has 0 saturated carbocycles. The van der Waals surface area contributed by atoms with Crippen molar-refractivity contribution < 1.29 is 19.2 Å². The number of rotatable bonds is 7. The first-order valence-electron chi connectivity index (χ1n) is 6.56. The number of hydrogen-bond donors (Lipinski definition) is 0. The molecule has 0 radical (unpaired) electrons. The van der Waals surface area contributed by atoms with Gasteiger partial charge in [0.05, 0.1) is 30.3 Å². The van der Waals surface area contributed by atoms with E-state index in [0.29, 0.717) is 18.8 Å². The third-order valence-corrected chi connectivity index (χ3v) is 2.88. The molecule has 0 fully saturated rings. The zero-order chi connectivity index (χ0) is 16.0. The number of methoxy groups -OCH3 is 1. The molecule has 0 spiro atoms. The Morgan fingerprint density at radius 3 is 2.62 bits per heavy atom. The summed E-state index contributed by atoms with van der Waals surface area (Å²) in [5, 5.41) is 11.1. The van der Waals surface area contributed by atoms with Crippen molar-refractivity contribution in [1.82, 2.24) is 0 Å². The standard InChI is InChI=1S/C14H20N2O5/c1-10(2)21-8-7-15(3)13-9-11(14(17)20-4)5-6-12(13)16(18)19/h5-6,9-10H,7-8H2,1-4H3. The predicted molar refractivity (Wildman–Crippen MR) is 78.8 cm³/mol. The van der Waals surface area contributed by atoms with E-state index in [-0.39, 0.29) is 17.4 Å². The lowest BCUT2D eigenvalue weighted by molar-refractivity contribution is -0.384. The Kier molecular flexibility index (Phi) is 6.10. The van der Waals surface area contributed by atoms with Crippen LogP contribution in [0.2, 0.25) is 0 Å². The maximum absolute atomic E-state index is 11.5. The molecule has 0 aromatic heterocycles. The van der Waals surface area contributed by atoms with Crippen molar-refractivity contribution in [3.05, 3.63) is 33.9 Å². The highest BCUT2D eigenvalue weighted by Gasteiger charge is 2.20. The van der Waals surface area contributed by atoms with Gasteiger partial charge in [0, 0.05) is 19.7 Å². The molecule has 0 saturated heterocycles. The fourth-order valence-electron chi connectivity index (χ4n) is 1.77. The molecular weight excluding hydrogens is 276 g/mol. The smallest absolute Gasteiger partial charge is 0.337 e. The molecule has 21 heavy (non-hydrogen) atoms. The van der Waals surface area contributed by atoms with Crippen molar-refractivity contribution in [3.63, 3.8) is 0 Å². The molecule has 0 atom stereocenters. The van der Waals surface area contributed by atoms with Crippen LogP contribution in [0.4, 0.5) is 11.4 Å². The Morgan fingerprint density at radius 2 is 2.10 bits per heavy atom. The minimum absolute atomic E-state index is 0.0605. The first-order chi connectivity index (χ1) is 9.86. The number of likely N-dealkylation sites (N-methyl/N-ethyl adjacent to an activating group) is 1. The van der Waals surface area contributed by atoms with Crippen molar-refractivity contribution >= 4 is 17.3 Å². The summed E-state index contributed by atoms with van der Waals surface area (Å²) in [6, 6.07) is 4.15. The average molecular weight is 296 g/mol. The van der Waals surface area contributed by atoms with Crippen LogP contribution < -0.4 is 4.90 Å². The van der Waals surface area contributed by atoms with Gasteiger partial charge in [0.15, 0.2) is 0 Å². The van der Waals surface area contributed by atoms with Gasteiger partial charge in [-0.25, -0.2) is 4.79 Å². The number of nitrogens with zero attached hydrogens (tertiary/aromatic N) is 2. The van der Waals surface area contributed by atoms with Crippen molar-refractivity contribution in [2.24, 2.45) is 0 Å². The first-order valence-corrected chi connectivity index (χ1v) is 6.56. The Balaban J connectivity index is 2.99. The molecule has 0 heterocycles. The Hall–Kier alpha value is -2.15. The highest BCUT2D eigenvalue weighted by molar-refractivity contribution is 5.91. The molecule has 116 valence electrons. The van der Waals surface area contributed by atoms with Crippen LogP contribution >= 0.6 is 0 Å². The number of anilines is 1. The maximum Gasteiger partial charge on any atom is 0.337 e. The normalized spacial score (nSPS) is 10.5. The molecule has 1 aromatic carbocycles. The van der Waals surface area contributed by atoms with Crippen LogP contribution in [0.15, 0.2) is 18.2 Å². The van der Waals surface area contributed by atoms with Gasteiger partial charge in [-0.2, -0.15) is 0 Å². The summed E-state index contributed by atoms with van der Waals surface area (Å²) in [7, 11) is 2.98. The average Bonchev–Trinajstić information content (AvgIpc) is 2.45. The van der Waals surface area contributed by atoms with E-state index in [9.17, 15) is 14.9 Å². The number of esters is 1. The summed E-state index contributed by atoms with van der Waals surface area (Å²) in [5.74, 6) is -0.530. The van der Waals surface area contributed by atoms with Crippen molar-refractivity contribution in [2.75, 3.05) is 32.2 Å². The van der Waals surface area contributed by atoms with E-state index in [0.717, 1.165) is 0 Å². The number of benzene rings is 1. The lowest BCUT2D eigenvalue weighted by Crippen LogP contribution is -2.25. The number of carbonyl (C=O) groups excluding carboxylic acids is 1. The fourth-order valence-corrected chi connectivity index (χ4v) is 1.77. The van der Waals surface area contributed by atoms with E-state index in [4.69, 9.17) is 4.74 Å². The number of hydrogen-bond acceptors (Lipinski definition) is 6. The summed E-state index contributed by atoms with van der Waals surface area (Å²) in [4.78, 5) is 23.8. The van der Waals surface area contributed by atoms with Crippen molar-refractivity contribution in [1.29, 1.82) is 0 Å². The molecule has 1 rings (SSSR count). The highest BCUT2D eigenvalue weighted by Crippen LogP contribution is 2.28. The van der Waals surface area contributed by atoms with Gasteiger partial charge < -0.3 is 14.4 Å². The van der Waals surface area contributed by atoms with Crippen LogP contribution in [0.5, 0.6) is 0 Å². The van der Waals surface area contributed by atoms with Gasteiger partial charge in [-0.1, -0.05) is 0 Å². The van der Waals surface area contributed by atoms with Crippen LogP contribution in [-0.4, -0.2) is 44.3 Å². The van der Waals surface area contributed by atoms with Gasteiger partial charge in [0.1, 0.15) is 5.69 Å². The molecule has 0 aliphatic carbocycles. The summed E-state index contributed by atoms with van der Waals surface area (Å²) < 4.78 is 10.1. The number of ether oxygens (including phenoxy) is 2. The van der Waals surface area contributed by atoms with Gasteiger partial charge in [0.25, 0.3) is 5.69 Å². The van der Waals surface area contributed by atoms with Crippen LogP contribution in [0.25, 0.3) is 0 Å². The first kappa shape index (κ1) is 16.9. The summed E-state index contributed by atoms with van der Waals surface area (Å²) in [5.41, 5.74) is 0.569. The molecular formula is C14H20N2O5. The summed E-state index contributed by atoms with van der Waals surface area (Å²) >= 11 is 0. The van der Waals surface area contributed by atoms with E-state index < -0.39 is 10.9 Å². The zero-order valence-electron chi connectivity index (χ0n) is 12.7. The lowest BCUT2D eigenvalue weighted by Gasteiger charge is -2.20. The lowest BCUT2D eigenvalue weighted by atomic mass is 10.1. The van der Waals surface area contributed by atoms with E-state index in [1.165, 1.54) is 25.3 Å². The third-order valence-electron chi connectivity index (χ3n) is 2.88. The fraction of sp³-hybridized carbons (Fsp3) is 0.500. The predicted octanol–water partition coefficient (Wildman–Crippen LogP) is 2.24. The molecule has 0 aliphatic rings. The summed E-state index contributed by atoms with van der Waals surface area (Å²) in [6.07, 6.45) is 0.0924. The van der Waals surface area contributed by atoms with Crippen LogP contribution in [0.1, 0.15) is 24.2 Å². The number of nitro benzene ring substituents is 1. The number of nitro groups is 1. The van der Waals surface area contributed by atoms with Crippen LogP contribution in [-0.2, 0) is 9.47 Å². The molecule has 0 unspecified atom stereocenters. The molecule has 0 amide bonds. The molecule has 7 nitrogen and oxygen atoms in total. The van der Waals surface area contributed by atoms with E-state index in [1.54, 1.807) is 11.9 Å².